The van der Waals surface area contributed by atoms with Crippen LogP contribution in [0, 0.1) is 0 Å². The van der Waals surface area contributed by atoms with E-state index in [-0.39, 0.29) is 24.5 Å². The molecule has 0 aliphatic heterocycles. The zero-order valence-electron chi connectivity index (χ0n) is 28.0. The zero-order chi connectivity index (χ0) is 31.6. The molecule has 0 fully saturated rings. The normalized spacial score (nSPS) is 18.4. The molecule has 0 spiro atoms. The smallest absolute Gasteiger partial charge is 0.326 e. The first-order chi connectivity index (χ1) is 17.9. The molecule has 0 saturated heterocycles. The highest BCUT2D eigenvalue weighted by Gasteiger charge is 2.50. The molecule has 0 bridgehead atoms. The number of hydrogen-bond acceptors (Lipinski definition) is 7. The Morgan fingerprint density at radius 2 is 1.18 bits per heavy atom. The number of nitrogens with one attached hydrogen (secondary N) is 1. The van der Waals surface area contributed by atoms with E-state index in [4.69, 9.17) is 26.0 Å². The van der Waals surface area contributed by atoms with Crippen LogP contribution in [-0.2, 0) is 30.5 Å². The first-order valence-electron chi connectivity index (χ1n) is 14.9. The molecule has 9 nitrogen and oxygen atoms in total. The second-order valence-electron chi connectivity index (χ2n) is 13.7. The quantitative estimate of drug-likeness (QED) is 0.100. The van der Waals surface area contributed by atoms with Crippen molar-refractivity contribution in [3.63, 3.8) is 0 Å². The van der Waals surface area contributed by atoms with Crippen molar-refractivity contribution in [1.82, 2.24) is 5.32 Å². The van der Waals surface area contributed by atoms with Crippen LogP contribution >= 0.6 is 0 Å². The molecule has 0 aromatic heterocycles. The number of amides is 1. The van der Waals surface area contributed by atoms with Gasteiger partial charge in [-0.15, -0.1) is 0 Å². The van der Waals surface area contributed by atoms with Gasteiger partial charge in [-0.25, -0.2) is 0 Å². The predicted octanol–water partition coefficient (Wildman–Crippen LogP) is 6.89. The minimum atomic E-state index is -2.82. The van der Waals surface area contributed by atoms with Crippen molar-refractivity contribution < 1.29 is 35.6 Å². The van der Waals surface area contributed by atoms with E-state index in [0.717, 1.165) is 18.5 Å². The summed E-state index contributed by atoms with van der Waals surface area (Å²) in [4.78, 5) is 22.9. The van der Waals surface area contributed by atoms with E-state index >= 15 is 0 Å². The molecule has 0 saturated carbocycles. The van der Waals surface area contributed by atoms with Gasteiger partial charge in [0.15, 0.2) is 16.6 Å². The average molecular weight is 672 g/mol. The van der Waals surface area contributed by atoms with Crippen molar-refractivity contribution >= 4 is 62.5 Å². The molecule has 15 heteroatoms. The standard InChI is InChI=1S/C25H61NO8Si6/c1-15-25(37(10,11)31-35(4,5)6)30-40(14,22-18-21-26-23(27)19-20-24(28)29)34-39(13,17-3)33-38(12,16-2)32-36(7,8)9/h25H,15-22H2,1-14H3,(H,26,27)(H,28,29). The maximum Gasteiger partial charge on any atom is 0.326 e. The molecule has 1 amide bonds. The number of aliphatic carboxylic acids is 1. The minimum Gasteiger partial charge on any atom is -0.481 e. The summed E-state index contributed by atoms with van der Waals surface area (Å²) < 4.78 is 34.5. The van der Waals surface area contributed by atoms with Gasteiger partial charge in [0.25, 0.3) is 0 Å². The summed E-state index contributed by atoms with van der Waals surface area (Å²) in [6.45, 7) is 31.1. The molecular formula is C25H61NO8Si6. The topological polar surface area (TPSA) is 113 Å². The summed E-state index contributed by atoms with van der Waals surface area (Å²) in [5.41, 5.74) is -0.0239. The Labute approximate surface area is 251 Å². The number of rotatable bonds is 21. The van der Waals surface area contributed by atoms with Crippen LogP contribution < -0.4 is 5.32 Å². The maximum absolute atomic E-state index is 12.1. The molecule has 0 aromatic rings. The van der Waals surface area contributed by atoms with Crippen LogP contribution in [-0.4, -0.2) is 79.9 Å². The highest BCUT2D eigenvalue weighted by Crippen LogP contribution is 2.33. The summed E-state index contributed by atoms with van der Waals surface area (Å²) >= 11 is 0. The first-order valence-corrected chi connectivity index (χ1v) is 32.3. The van der Waals surface area contributed by atoms with Gasteiger partial charge in [-0.05, 0) is 103 Å². The first kappa shape index (κ1) is 40.0. The number of hydrogen-bond donors (Lipinski definition) is 2. The van der Waals surface area contributed by atoms with E-state index < -0.39 is 56.6 Å². The van der Waals surface area contributed by atoms with Gasteiger partial charge in [-0.3, -0.25) is 9.59 Å². The minimum absolute atomic E-state index is 0.0191. The van der Waals surface area contributed by atoms with Gasteiger partial charge < -0.3 is 31.3 Å². The van der Waals surface area contributed by atoms with Gasteiger partial charge in [0.1, 0.15) is 0 Å². The Morgan fingerprint density at radius 3 is 1.60 bits per heavy atom. The van der Waals surface area contributed by atoms with Gasteiger partial charge >= 0.3 is 31.7 Å². The van der Waals surface area contributed by atoms with Gasteiger partial charge in [0.05, 0.1) is 12.1 Å². The van der Waals surface area contributed by atoms with Crippen LogP contribution in [0.2, 0.25) is 90.1 Å². The molecule has 4 unspecified atom stereocenters. The second kappa shape index (κ2) is 16.2. The lowest BCUT2D eigenvalue weighted by atomic mass is 10.3. The van der Waals surface area contributed by atoms with E-state index in [1.54, 1.807) is 0 Å². The van der Waals surface area contributed by atoms with Crippen molar-refractivity contribution in [1.29, 1.82) is 0 Å². The third-order valence-corrected chi connectivity index (χ3v) is 29.0. The third kappa shape index (κ3) is 16.6. The SMILES string of the molecule is CCC(O[Si](C)(CCCNC(=O)CCC(=O)O)O[Si](C)(CC)O[Si](C)(CC)O[Si](C)(C)C)[Si](C)(C)O[Si](C)(C)C. The van der Waals surface area contributed by atoms with Gasteiger partial charge in [-0.1, -0.05) is 20.8 Å². The van der Waals surface area contributed by atoms with Gasteiger partial charge in [0.2, 0.25) is 14.2 Å². The van der Waals surface area contributed by atoms with E-state index in [9.17, 15) is 9.59 Å². The predicted molar refractivity (Wildman–Crippen MR) is 179 cm³/mol. The summed E-state index contributed by atoms with van der Waals surface area (Å²) in [6, 6.07) is 2.32. The Balaban J connectivity index is 6.02. The number of carbonyl (C=O) groups is 2. The third-order valence-electron chi connectivity index (χ3n) is 6.47. The van der Waals surface area contributed by atoms with Crippen LogP contribution in [0.5, 0.6) is 0 Å². The van der Waals surface area contributed by atoms with Crippen molar-refractivity contribution in [2.45, 2.75) is 142 Å². The van der Waals surface area contributed by atoms with Crippen molar-refractivity contribution in [2.75, 3.05) is 6.54 Å². The fourth-order valence-corrected chi connectivity index (χ4v) is 32.7. The Hall–Kier alpha value is 0.0413. The number of carboxylic acids is 1. The number of carboxylic acid groups (broad SMARTS) is 1. The molecule has 2 N–H and O–H groups in total. The summed E-state index contributed by atoms with van der Waals surface area (Å²) in [6.07, 6.45) is 1.33. The van der Waals surface area contributed by atoms with E-state index in [0.29, 0.717) is 19.0 Å². The summed E-state index contributed by atoms with van der Waals surface area (Å²) in [5.74, 6) is -1.22. The Bertz CT molecular complexity index is 809. The van der Waals surface area contributed by atoms with Crippen molar-refractivity contribution in [2.24, 2.45) is 0 Å². The van der Waals surface area contributed by atoms with Crippen LogP contribution in [0.25, 0.3) is 0 Å². The Morgan fingerprint density at radius 1 is 0.700 bits per heavy atom. The molecular weight excluding hydrogens is 611 g/mol. The van der Waals surface area contributed by atoms with Crippen LogP contribution in [0.4, 0.5) is 0 Å². The zero-order valence-corrected chi connectivity index (χ0v) is 34.0. The maximum atomic E-state index is 12.1. The van der Waals surface area contributed by atoms with E-state index in [1.165, 1.54) is 0 Å². The number of carbonyl (C=O) groups excluding carboxylic acids is 1. The lowest BCUT2D eigenvalue weighted by molar-refractivity contribution is -0.138. The second-order valence-corrected chi connectivity index (χ2v) is 38.2. The molecule has 0 rings (SSSR count). The van der Waals surface area contributed by atoms with Crippen molar-refractivity contribution in [3.8, 4) is 0 Å². The fraction of sp³-hybridized carbons (Fsp3) is 0.920. The molecule has 0 aliphatic carbocycles. The molecule has 4 atom stereocenters. The van der Waals surface area contributed by atoms with Gasteiger partial charge in [0, 0.05) is 13.0 Å². The Kier molecular flexibility index (Phi) is 16.2. The van der Waals surface area contributed by atoms with Gasteiger partial charge in [-0.2, -0.15) is 0 Å². The van der Waals surface area contributed by atoms with Crippen LogP contribution in [0.15, 0.2) is 0 Å². The summed E-state index contributed by atoms with van der Waals surface area (Å²) in [5, 5.41) is 11.7. The largest absolute Gasteiger partial charge is 0.481 e. The molecule has 0 aliphatic rings. The molecule has 0 heterocycles. The van der Waals surface area contributed by atoms with Crippen LogP contribution in [0.1, 0.15) is 46.5 Å². The van der Waals surface area contributed by atoms with E-state index in [1.807, 2.05) is 0 Å². The molecule has 40 heavy (non-hydrogen) atoms. The van der Waals surface area contributed by atoms with E-state index in [2.05, 4.69) is 98.1 Å². The van der Waals surface area contributed by atoms with Crippen LogP contribution in [0.3, 0.4) is 0 Å². The monoisotopic (exact) mass is 671 g/mol. The highest BCUT2D eigenvalue weighted by molar-refractivity contribution is 6.90. The molecule has 0 aromatic carbocycles. The highest BCUT2D eigenvalue weighted by atomic mass is 28.5. The van der Waals surface area contributed by atoms with Crippen molar-refractivity contribution in [3.05, 3.63) is 0 Å². The molecule has 238 valence electrons. The lowest BCUT2D eigenvalue weighted by Crippen LogP contribution is -2.62. The average Bonchev–Trinajstić information content (AvgIpc) is 2.76. The lowest BCUT2D eigenvalue weighted by Gasteiger charge is -2.46. The summed E-state index contributed by atoms with van der Waals surface area (Å²) in [7, 11) is -13.7. The molecule has 0 radical (unpaired) electrons. The fourth-order valence-electron chi connectivity index (χ4n) is 4.84.